The van der Waals surface area contributed by atoms with Crippen molar-refractivity contribution < 1.29 is 9.59 Å². The van der Waals surface area contributed by atoms with Crippen LogP contribution in [0.3, 0.4) is 0 Å². The van der Waals surface area contributed by atoms with Crippen molar-refractivity contribution in [3.63, 3.8) is 0 Å². The van der Waals surface area contributed by atoms with Crippen LogP contribution in [0.15, 0.2) is 41.5 Å². The van der Waals surface area contributed by atoms with Gasteiger partial charge in [-0.05, 0) is 31.9 Å². The zero-order chi connectivity index (χ0) is 19.8. The van der Waals surface area contributed by atoms with E-state index in [1.807, 2.05) is 0 Å². The van der Waals surface area contributed by atoms with Gasteiger partial charge in [0.1, 0.15) is 0 Å². The Bertz CT molecular complexity index is 1130. The van der Waals surface area contributed by atoms with Crippen LogP contribution < -0.4 is 5.43 Å². The summed E-state index contributed by atoms with van der Waals surface area (Å²) in [6.07, 6.45) is 4.84. The van der Waals surface area contributed by atoms with E-state index in [0.29, 0.717) is 41.1 Å². The minimum absolute atomic E-state index is 0.0350. The first-order valence-electron chi connectivity index (χ1n) is 9.39. The molecular formula is C21H22N4O3. The topological polar surface area (TPSA) is 88.1 Å². The SMILES string of the molecule is Cc1cc(=O)c2cccc(C(=O)N3CCC[C@@H](C(=O)c4nccn4C)C3)c2[nH]1. The molecule has 0 saturated carbocycles. The Balaban J connectivity index is 1.64. The molecule has 1 atom stereocenters. The molecule has 0 unspecified atom stereocenters. The van der Waals surface area contributed by atoms with E-state index < -0.39 is 0 Å². The highest BCUT2D eigenvalue weighted by molar-refractivity contribution is 6.05. The largest absolute Gasteiger partial charge is 0.358 e. The second-order valence-electron chi connectivity index (χ2n) is 7.36. The maximum Gasteiger partial charge on any atom is 0.256 e. The van der Waals surface area contributed by atoms with Crippen LogP contribution in [-0.2, 0) is 7.05 Å². The molecule has 1 aromatic carbocycles. The van der Waals surface area contributed by atoms with Crippen molar-refractivity contribution in [2.75, 3.05) is 13.1 Å². The first kappa shape index (κ1) is 18.2. The summed E-state index contributed by atoms with van der Waals surface area (Å²) in [6, 6.07) is 6.69. The van der Waals surface area contributed by atoms with Crippen LogP contribution in [0.25, 0.3) is 10.9 Å². The van der Waals surface area contributed by atoms with Gasteiger partial charge in [-0.15, -0.1) is 0 Å². The average Bonchev–Trinajstić information content (AvgIpc) is 3.12. The number of imidazole rings is 1. The lowest BCUT2D eigenvalue weighted by Crippen LogP contribution is -2.42. The number of fused-ring (bicyclic) bond motifs is 1. The summed E-state index contributed by atoms with van der Waals surface area (Å²) >= 11 is 0. The third kappa shape index (κ3) is 3.13. The maximum absolute atomic E-state index is 13.2. The normalized spacial score (nSPS) is 17.1. The van der Waals surface area contributed by atoms with Crippen molar-refractivity contribution >= 4 is 22.6 Å². The van der Waals surface area contributed by atoms with Crippen molar-refractivity contribution in [2.45, 2.75) is 19.8 Å². The Labute approximate surface area is 162 Å². The number of aryl methyl sites for hydroxylation is 2. The number of hydrogen-bond acceptors (Lipinski definition) is 4. The van der Waals surface area contributed by atoms with E-state index >= 15 is 0 Å². The lowest BCUT2D eigenvalue weighted by molar-refractivity contribution is 0.0634. The molecule has 28 heavy (non-hydrogen) atoms. The number of aromatic amines is 1. The number of benzene rings is 1. The number of likely N-dealkylation sites (tertiary alicyclic amines) is 1. The molecule has 144 valence electrons. The number of aromatic nitrogens is 3. The molecule has 3 heterocycles. The van der Waals surface area contributed by atoms with Crippen LogP contribution in [0.5, 0.6) is 0 Å². The minimum Gasteiger partial charge on any atom is -0.358 e. The highest BCUT2D eigenvalue weighted by Crippen LogP contribution is 2.24. The predicted octanol–water partition coefficient (Wildman–Crippen LogP) is 2.31. The fourth-order valence-corrected chi connectivity index (χ4v) is 3.91. The minimum atomic E-state index is -0.269. The number of amides is 1. The maximum atomic E-state index is 13.2. The van der Waals surface area contributed by atoms with Gasteiger partial charge in [-0.2, -0.15) is 0 Å². The van der Waals surface area contributed by atoms with Crippen LogP contribution in [0.2, 0.25) is 0 Å². The number of hydrogen-bond donors (Lipinski definition) is 1. The van der Waals surface area contributed by atoms with Gasteiger partial charge in [-0.25, -0.2) is 4.98 Å². The number of pyridine rings is 1. The smallest absolute Gasteiger partial charge is 0.256 e. The van der Waals surface area contributed by atoms with Crippen molar-refractivity contribution in [2.24, 2.45) is 13.0 Å². The molecular weight excluding hydrogens is 356 g/mol. The monoisotopic (exact) mass is 378 g/mol. The van der Waals surface area contributed by atoms with Gasteiger partial charge >= 0.3 is 0 Å². The van der Waals surface area contributed by atoms with E-state index in [0.717, 1.165) is 12.8 Å². The Morgan fingerprint density at radius 1 is 1.29 bits per heavy atom. The van der Waals surface area contributed by atoms with Gasteiger partial charge < -0.3 is 14.5 Å². The van der Waals surface area contributed by atoms with Crippen LogP contribution in [0.1, 0.15) is 39.5 Å². The number of nitrogens with zero attached hydrogens (tertiary/aromatic N) is 3. The van der Waals surface area contributed by atoms with E-state index in [9.17, 15) is 14.4 Å². The number of nitrogens with one attached hydrogen (secondary N) is 1. The highest BCUT2D eigenvalue weighted by atomic mass is 16.2. The van der Waals surface area contributed by atoms with Crippen molar-refractivity contribution in [1.29, 1.82) is 0 Å². The molecule has 1 fully saturated rings. The van der Waals surface area contributed by atoms with E-state index in [-0.39, 0.29) is 23.0 Å². The van der Waals surface area contributed by atoms with Gasteiger partial charge in [0, 0.05) is 55.6 Å². The third-order valence-electron chi connectivity index (χ3n) is 5.35. The van der Waals surface area contributed by atoms with Gasteiger partial charge in [0.2, 0.25) is 5.78 Å². The van der Waals surface area contributed by atoms with E-state index in [1.54, 1.807) is 54.0 Å². The quantitative estimate of drug-likeness (QED) is 0.709. The molecule has 0 radical (unpaired) electrons. The molecule has 1 amide bonds. The third-order valence-corrected chi connectivity index (χ3v) is 5.35. The first-order valence-corrected chi connectivity index (χ1v) is 9.39. The van der Waals surface area contributed by atoms with Gasteiger partial charge in [0.25, 0.3) is 5.91 Å². The number of para-hydroxylation sites is 1. The fourth-order valence-electron chi connectivity index (χ4n) is 3.91. The van der Waals surface area contributed by atoms with Crippen LogP contribution >= 0.6 is 0 Å². The number of carbonyl (C=O) groups excluding carboxylic acids is 2. The van der Waals surface area contributed by atoms with Gasteiger partial charge in [0.05, 0.1) is 11.1 Å². The fraction of sp³-hybridized carbons (Fsp3) is 0.333. The van der Waals surface area contributed by atoms with E-state index in [4.69, 9.17) is 0 Å². The summed E-state index contributed by atoms with van der Waals surface area (Å²) in [5.41, 5.74) is 1.61. The lowest BCUT2D eigenvalue weighted by atomic mass is 9.92. The van der Waals surface area contributed by atoms with Crippen molar-refractivity contribution in [3.8, 4) is 0 Å². The molecule has 3 aromatic rings. The first-order chi connectivity index (χ1) is 13.5. The summed E-state index contributed by atoms with van der Waals surface area (Å²) in [5.74, 6) is -0.0460. The molecule has 1 saturated heterocycles. The Morgan fingerprint density at radius 2 is 2.11 bits per heavy atom. The summed E-state index contributed by atoms with van der Waals surface area (Å²) in [6.45, 7) is 2.75. The van der Waals surface area contributed by atoms with Crippen LogP contribution in [0.4, 0.5) is 0 Å². The summed E-state index contributed by atoms with van der Waals surface area (Å²) in [7, 11) is 1.79. The number of H-pyrrole nitrogens is 1. The molecule has 2 aromatic heterocycles. The zero-order valence-corrected chi connectivity index (χ0v) is 15.9. The van der Waals surface area contributed by atoms with E-state index in [1.165, 1.54) is 6.07 Å². The molecule has 0 spiro atoms. The van der Waals surface area contributed by atoms with Gasteiger partial charge in [0.15, 0.2) is 11.3 Å². The Morgan fingerprint density at radius 3 is 2.86 bits per heavy atom. The van der Waals surface area contributed by atoms with Crippen molar-refractivity contribution in [1.82, 2.24) is 19.4 Å². The van der Waals surface area contributed by atoms with Crippen LogP contribution in [-0.4, -0.2) is 44.2 Å². The number of Topliss-reactive ketones (excluding diaryl/α,β-unsaturated/α-hetero) is 1. The molecule has 7 nitrogen and oxygen atoms in total. The summed E-state index contributed by atoms with van der Waals surface area (Å²) in [4.78, 5) is 47.3. The van der Waals surface area contributed by atoms with Gasteiger partial charge in [-0.3, -0.25) is 14.4 Å². The molecule has 1 aliphatic heterocycles. The molecule has 4 rings (SSSR count). The molecule has 7 heteroatoms. The molecule has 1 aliphatic rings. The number of carbonyl (C=O) groups is 2. The number of rotatable bonds is 3. The molecule has 0 aliphatic carbocycles. The lowest BCUT2D eigenvalue weighted by Gasteiger charge is -2.32. The second-order valence-corrected chi connectivity index (χ2v) is 7.36. The average molecular weight is 378 g/mol. The Kier molecular flexibility index (Phi) is 4.58. The van der Waals surface area contributed by atoms with Crippen LogP contribution in [0, 0.1) is 12.8 Å². The van der Waals surface area contributed by atoms with E-state index in [2.05, 4.69) is 9.97 Å². The standard InChI is InChI=1S/C21H22N4O3/c1-13-11-17(26)15-6-3-7-16(18(15)23-13)21(28)25-9-4-5-14(12-25)19(27)20-22-8-10-24(20)2/h3,6-8,10-11,14H,4-5,9,12H2,1-2H3,(H,23,26)/t14-/m1/s1. The zero-order valence-electron chi connectivity index (χ0n) is 15.9. The van der Waals surface area contributed by atoms with Crippen molar-refractivity contribution in [3.05, 3.63) is 64.0 Å². The predicted molar refractivity (Wildman–Crippen MR) is 105 cm³/mol. The summed E-state index contributed by atoms with van der Waals surface area (Å²) < 4.78 is 1.71. The molecule has 0 bridgehead atoms. The highest BCUT2D eigenvalue weighted by Gasteiger charge is 2.31. The van der Waals surface area contributed by atoms with Gasteiger partial charge in [-0.1, -0.05) is 6.07 Å². The molecule has 1 N–H and O–H groups in total. The second kappa shape index (κ2) is 7.07. The Hall–Kier alpha value is -3.22. The number of piperidine rings is 1. The summed E-state index contributed by atoms with van der Waals surface area (Å²) in [5, 5.41) is 0.495. The number of ketones is 1.